The Labute approximate surface area is 89.8 Å². The first kappa shape index (κ1) is 12.8. The molecule has 1 N–H and O–H groups in total. The first-order valence-electron chi connectivity index (χ1n) is 5.45. The molecule has 90 valence electrons. The zero-order valence-electron chi connectivity index (χ0n) is 9.22. The Balaban J connectivity index is 1.99. The van der Waals surface area contributed by atoms with Crippen molar-refractivity contribution in [3.8, 4) is 0 Å². The van der Waals surface area contributed by atoms with Crippen molar-refractivity contribution in [1.82, 2.24) is 10.2 Å². The van der Waals surface area contributed by atoms with Gasteiger partial charge >= 0.3 is 0 Å². The van der Waals surface area contributed by atoms with Gasteiger partial charge in [0.2, 0.25) is 0 Å². The molecule has 0 spiro atoms. The molecule has 15 heavy (non-hydrogen) atoms. The fourth-order valence-corrected chi connectivity index (χ4v) is 1.94. The summed E-state index contributed by atoms with van der Waals surface area (Å²) in [6.07, 6.45) is -1.16. The third-order valence-corrected chi connectivity index (χ3v) is 2.66. The number of nitrogens with one attached hydrogen (secondary N) is 1. The Bertz CT molecular complexity index is 170. The second-order valence-electron chi connectivity index (χ2n) is 3.98. The number of nitrogens with zero attached hydrogens (tertiary/aromatic N) is 1. The third kappa shape index (κ3) is 5.39. The summed E-state index contributed by atoms with van der Waals surface area (Å²) < 4.78 is 28.3. The average molecular weight is 222 g/mol. The van der Waals surface area contributed by atoms with Gasteiger partial charge in [0.05, 0.1) is 6.61 Å². The van der Waals surface area contributed by atoms with E-state index in [2.05, 4.69) is 10.2 Å². The fraction of sp³-hybridized carbons (Fsp3) is 1.00. The van der Waals surface area contributed by atoms with Crippen molar-refractivity contribution in [3.05, 3.63) is 0 Å². The van der Waals surface area contributed by atoms with Gasteiger partial charge in [-0.2, -0.15) is 0 Å². The third-order valence-electron chi connectivity index (χ3n) is 2.66. The molecule has 0 saturated carbocycles. The van der Waals surface area contributed by atoms with E-state index in [1.165, 1.54) is 6.42 Å². The highest BCUT2D eigenvalue weighted by molar-refractivity contribution is 4.76. The van der Waals surface area contributed by atoms with E-state index in [9.17, 15) is 8.78 Å². The van der Waals surface area contributed by atoms with Crippen LogP contribution in [0.4, 0.5) is 8.78 Å². The van der Waals surface area contributed by atoms with Gasteiger partial charge in [-0.15, -0.1) is 0 Å². The topological polar surface area (TPSA) is 24.5 Å². The van der Waals surface area contributed by atoms with Crippen LogP contribution in [0.3, 0.4) is 0 Å². The monoisotopic (exact) mass is 222 g/mol. The van der Waals surface area contributed by atoms with Crippen LogP contribution in [0, 0.1) is 5.92 Å². The highest BCUT2D eigenvalue weighted by atomic mass is 19.3. The first-order chi connectivity index (χ1) is 7.22. The van der Waals surface area contributed by atoms with E-state index < -0.39 is 13.0 Å². The van der Waals surface area contributed by atoms with Crippen molar-refractivity contribution in [3.63, 3.8) is 0 Å². The molecular weight excluding hydrogens is 202 g/mol. The normalized spacial score (nSPS) is 22.8. The summed E-state index contributed by atoms with van der Waals surface area (Å²) in [4.78, 5) is 2.27. The predicted octanol–water partition coefficient (Wildman–Crippen LogP) is 0.809. The van der Waals surface area contributed by atoms with E-state index in [1.807, 2.05) is 7.05 Å². The van der Waals surface area contributed by atoms with E-state index in [-0.39, 0.29) is 0 Å². The van der Waals surface area contributed by atoms with Gasteiger partial charge in [0, 0.05) is 13.1 Å². The summed E-state index contributed by atoms with van der Waals surface area (Å²) in [5, 5.41) is 3.16. The van der Waals surface area contributed by atoms with Crippen molar-refractivity contribution in [2.45, 2.75) is 12.8 Å². The van der Waals surface area contributed by atoms with Crippen LogP contribution < -0.4 is 5.32 Å². The SMILES string of the molecule is CNCC1CCN(CCOCC(F)F)C1. The molecule has 0 aromatic carbocycles. The van der Waals surface area contributed by atoms with Gasteiger partial charge < -0.3 is 15.0 Å². The summed E-state index contributed by atoms with van der Waals surface area (Å²) >= 11 is 0. The Hall–Kier alpha value is -0.260. The molecule has 1 unspecified atom stereocenters. The smallest absolute Gasteiger partial charge is 0.261 e. The molecular formula is C10H20F2N2O. The van der Waals surface area contributed by atoms with Crippen LogP contribution in [0.1, 0.15) is 6.42 Å². The lowest BCUT2D eigenvalue weighted by atomic mass is 10.1. The van der Waals surface area contributed by atoms with Crippen molar-refractivity contribution < 1.29 is 13.5 Å². The van der Waals surface area contributed by atoms with E-state index in [0.29, 0.717) is 12.5 Å². The molecule has 0 bridgehead atoms. The van der Waals surface area contributed by atoms with Crippen LogP contribution in [0.25, 0.3) is 0 Å². The second kappa shape index (κ2) is 7.09. The summed E-state index contributed by atoms with van der Waals surface area (Å²) in [5.41, 5.74) is 0. The number of alkyl halides is 2. The van der Waals surface area contributed by atoms with Gasteiger partial charge in [0.25, 0.3) is 6.43 Å². The number of hydrogen-bond acceptors (Lipinski definition) is 3. The average Bonchev–Trinajstić information content (AvgIpc) is 2.61. The standard InChI is InChI=1S/C10H20F2N2O/c1-13-6-9-2-3-14(7-9)4-5-15-8-10(11)12/h9-10,13H,2-8H2,1H3. The molecule has 0 amide bonds. The molecule has 1 heterocycles. The lowest BCUT2D eigenvalue weighted by Crippen LogP contribution is -2.28. The predicted molar refractivity (Wildman–Crippen MR) is 55.3 cm³/mol. The van der Waals surface area contributed by atoms with Gasteiger partial charge in [-0.05, 0) is 32.5 Å². The van der Waals surface area contributed by atoms with Crippen LogP contribution in [0.2, 0.25) is 0 Å². The van der Waals surface area contributed by atoms with E-state index in [4.69, 9.17) is 4.74 Å². The Morgan fingerprint density at radius 1 is 1.53 bits per heavy atom. The van der Waals surface area contributed by atoms with Crippen LogP contribution >= 0.6 is 0 Å². The number of hydrogen-bond donors (Lipinski definition) is 1. The molecule has 0 radical (unpaired) electrons. The highest BCUT2D eigenvalue weighted by Gasteiger charge is 2.21. The van der Waals surface area contributed by atoms with Crippen LogP contribution in [0.15, 0.2) is 0 Å². The maximum Gasteiger partial charge on any atom is 0.261 e. The Kier molecular flexibility index (Phi) is 6.05. The molecule has 0 aromatic heterocycles. The van der Waals surface area contributed by atoms with Crippen LogP contribution in [-0.4, -0.2) is 57.8 Å². The maximum absolute atomic E-state index is 11.8. The van der Waals surface area contributed by atoms with Gasteiger partial charge in [-0.3, -0.25) is 0 Å². The maximum atomic E-state index is 11.8. The van der Waals surface area contributed by atoms with Gasteiger partial charge in [-0.25, -0.2) is 8.78 Å². The van der Waals surface area contributed by atoms with Gasteiger partial charge in [-0.1, -0.05) is 0 Å². The lowest BCUT2D eigenvalue weighted by Gasteiger charge is -2.15. The summed E-state index contributed by atoms with van der Waals surface area (Å²) in [6.45, 7) is 3.90. The number of rotatable bonds is 7. The molecule has 1 aliphatic rings. The molecule has 0 aliphatic carbocycles. The summed E-state index contributed by atoms with van der Waals surface area (Å²) in [7, 11) is 1.95. The quantitative estimate of drug-likeness (QED) is 0.645. The number of likely N-dealkylation sites (tertiary alicyclic amines) is 1. The van der Waals surface area contributed by atoms with Crippen LogP contribution in [0.5, 0.6) is 0 Å². The van der Waals surface area contributed by atoms with Crippen molar-refractivity contribution in [1.29, 1.82) is 0 Å². The minimum absolute atomic E-state index is 0.413. The number of halogens is 2. The first-order valence-corrected chi connectivity index (χ1v) is 5.45. The molecule has 1 saturated heterocycles. The second-order valence-corrected chi connectivity index (χ2v) is 3.98. The van der Waals surface area contributed by atoms with Gasteiger partial charge in [0.15, 0.2) is 0 Å². The molecule has 0 aromatic rings. The van der Waals surface area contributed by atoms with Crippen molar-refractivity contribution in [2.24, 2.45) is 5.92 Å². The van der Waals surface area contributed by atoms with Crippen molar-refractivity contribution in [2.75, 3.05) is 46.4 Å². The molecule has 1 fully saturated rings. The van der Waals surface area contributed by atoms with Crippen molar-refractivity contribution >= 4 is 0 Å². The molecule has 1 atom stereocenters. The van der Waals surface area contributed by atoms with E-state index in [0.717, 1.165) is 26.2 Å². The van der Waals surface area contributed by atoms with Crippen LogP contribution in [-0.2, 0) is 4.74 Å². The molecule has 1 rings (SSSR count). The molecule has 3 nitrogen and oxygen atoms in total. The zero-order valence-corrected chi connectivity index (χ0v) is 9.22. The fourth-order valence-electron chi connectivity index (χ4n) is 1.94. The Morgan fingerprint density at radius 2 is 2.33 bits per heavy atom. The Morgan fingerprint density at radius 3 is 3.00 bits per heavy atom. The lowest BCUT2D eigenvalue weighted by molar-refractivity contribution is 0.0112. The minimum Gasteiger partial charge on any atom is -0.374 e. The van der Waals surface area contributed by atoms with Gasteiger partial charge in [0.1, 0.15) is 6.61 Å². The van der Waals surface area contributed by atoms with E-state index >= 15 is 0 Å². The molecule has 1 aliphatic heterocycles. The summed E-state index contributed by atoms with van der Waals surface area (Å²) in [5.74, 6) is 0.699. The summed E-state index contributed by atoms with van der Waals surface area (Å²) in [6, 6.07) is 0. The molecule has 5 heteroatoms. The highest BCUT2D eigenvalue weighted by Crippen LogP contribution is 2.14. The van der Waals surface area contributed by atoms with E-state index in [1.54, 1.807) is 0 Å². The zero-order chi connectivity index (χ0) is 11.1. The largest absolute Gasteiger partial charge is 0.374 e. The number of ether oxygens (including phenoxy) is 1. The minimum atomic E-state index is -2.35.